The van der Waals surface area contributed by atoms with Crippen molar-refractivity contribution in [2.45, 2.75) is 20.4 Å². The van der Waals surface area contributed by atoms with Crippen molar-refractivity contribution in [3.63, 3.8) is 0 Å². The van der Waals surface area contributed by atoms with Gasteiger partial charge in [0.1, 0.15) is 16.1 Å². The maximum Gasteiger partial charge on any atom is 0.271 e. The van der Waals surface area contributed by atoms with Crippen molar-refractivity contribution in [1.29, 1.82) is 0 Å². The number of nitrogens with one attached hydrogen (secondary N) is 1. The van der Waals surface area contributed by atoms with Crippen molar-refractivity contribution in [1.82, 2.24) is 14.5 Å². The van der Waals surface area contributed by atoms with Crippen LogP contribution in [0.4, 0.5) is 5.69 Å². The Morgan fingerprint density at radius 1 is 1.06 bits per heavy atom. The highest BCUT2D eigenvalue weighted by Crippen LogP contribution is 2.31. The summed E-state index contributed by atoms with van der Waals surface area (Å²) >= 11 is 1.31. The molecular weight excluding hydrogens is 420 g/mol. The summed E-state index contributed by atoms with van der Waals surface area (Å²) in [5, 5.41) is 3.72. The molecule has 3 heterocycles. The van der Waals surface area contributed by atoms with Crippen LogP contribution in [0.25, 0.3) is 31.7 Å². The third-order valence-corrected chi connectivity index (χ3v) is 6.43. The number of rotatable bonds is 4. The molecule has 158 valence electrons. The zero-order valence-corrected chi connectivity index (χ0v) is 18.4. The summed E-state index contributed by atoms with van der Waals surface area (Å²) in [6.45, 7) is 3.84. The van der Waals surface area contributed by atoms with Crippen molar-refractivity contribution in [2.24, 2.45) is 0 Å². The summed E-state index contributed by atoms with van der Waals surface area (Å²) in [6.07, 6.45) is 1.43. The first-order valence-corrected chi connectivity index (χ1v) is 11.0. The van der Waals surface area contributed by atoms with Gasteiger partial charge in [-0.15, -0.1) is 11.3 Å². The number of anilines is 1. The van der Waals surface area contributed by atoms with Crippen molar-refractivity contribution >= 4 is 43.4 Å². The van der Waals surface area contributed by atoms with E-state index in [9.17, 15) is 9.59 Å². The number of carbonyl (C=O) groups excluding carboxylic acids is 1. The maximum atomic E-state index is 13.1. The van der Waals surface area contributed by atoms with Crippen LogP contribution in [0, 0.1) is 13.8 Å². The van der Waals surface area contributed by atoms with Crippen LogP contribution in [0.2, 0.25) is 0 Å². The van der Waals surface area contributed by atoms with Crippen molar-refractivity contribution < 1.29 is 4.79 Å². The van der Waals surface area contributed by atoms with Crippen molar-refractivity contribution in [3.05, 3.63) is 88.5 Å². The molecule has 2 aromatic carbocycles. The molecule has 32 heavy (non-hydrogen) atoms. The molecule has 6 nitrogen and oxygen atoms in total. The van der Waals surface area contributed by atoms with Gasteiger partial charge in [0, 0.05) is 16.6 Å². The fourth-order valence-corrected chi connectivity index (χ4v) is 4.81. The van der Waals surface area contributed by atoms with Gasteiger partial charge in [-0.25, -0.2) is 9.97 Å². The highest BCUT2D eigenvalue weighted by molar-refractivity contribution is 7.25. The Hall–Kier alpha value is -3.84. The number of hydrogen-bond acceptors (Lipinski definition) is 5. The molecule has 5 aromatic rings. The third-order valence-electron chi connectivity index (χ3n) is 5.35. The first-order valence-electron chi connectivity index (χ1n) is 10.2. The van der Waals surface area contributed by atoms with Crippen molar-refractivity contribution in [2.75, 3.05) is 5.32 Å². The number of aryl methyl sites for hydroxylation is 2. The molecule has 1 amide bonds. The van der Waals surface area contributed by atoms with Crippen LogP contribution in [-0.4, -0.2) is 20.4 Å². The van der Waals surface area contributed by atoms with Crippen LogP contribution in [0.1, 0.15) is 11.1 Å². The Bertz CT molecular complexity index is 1540. The SMILES string of the molecule is Cc1ccc(NC(=O)Cn2cnc3c(sc4nc(-c5ccccc5)ccc43)c2=O)c(C)c1. The molecule has 0 aliphatic heterocycles. The Kier molecular flexibility index (Phi) is 5.03. The summed E-state index contributed by atoms with van der Waals surface area (Å²) in [5.74, 6) is -0.272. The number of fused-ring (bicyclic) bond motifs is 3. The predicted molar refractivity (Wildman–Crippen MR) is 129 cm³/mol. The lowest BCUT2D eigenvalue weighted by Gasteiger charge is -2.10. The molecule has 0 saturated heterocycles. The Morgan fingerprint density at radius 3 is 2.66 bits per heavy atom. The lowest BCUT2D eigenvalue weighted by atomic mass is 10.1. The second-order valence-corrected chi connectivity index (χ2v) is 8.74. The van der Waals surface area contributed by atoms with Gasteiger partial charge in [0.15, 0.2) is 0 Å². The quantitative estimate of drug-likeness (QED) is 0.430. The smallest absolute Gasteiger partial charge is 0.271 e. The second kappa shape index (κ2) is 8.01. The van der Waals surface area contributed by atoms with Crippen LogP contribution in [0.3, 0.4) is 0 Å². The summed E-state index contributed by atoms with van der Waals surface area (Å²) in [7, 11) is 0. The van der Waals surface area contributed by atoms with E-state index in [0.29, 0.717) is 10.2 Å². The van der Waals surface area contributed by atoms with E-state index < -0.39 is 0 Å². The van der Waals surface area contributed by atoms with E-state index in [4.69, 9.17) is 4.98 Å². The number of hydrogen-bond donors (Lipinski definition) is 1. The monoisotopic (exact) mass is 440 g/mol. The van der Waals surface area contributed by atoms with E-state index in [-0.39, 0.29) is 18.0 Å². The van der Waals surface area contributed by atoms with Gasteiger partial charge in [0.25, 0.3) is 5.56 Å². The number of benzene rings is 2. The fourth-order valence-electron chi connectivity index (χ4n) is 3.73. The van der Waals surface area contributed by atoms with E-state index >= 15 is 0 Å². The minimum absolute atomic E-state index is 0.105. The Labute approximate surface area is 188 Å². The standard InChI is InChI=1S/C25H20N4O2S/c1-15-8-10-19(16(2)12-15)27-21(30)13-29-14-26-22-18-9-11-20(17-6-4-3-5-7-17)28-24(18)32-23(22)25(29)31/h3-12,14H,13H2,1-2H3,(H,27,30). The van der Waals surface area contributed by atoms with Gasteiger partial charge in [0.2, 0.25) is 5.91 Å². The van der Waals surface area contributed by atoms with Crippen LogP contribution in [0.15, 0.2) is 71.8 Å². The molecule has 0 fully saturated rings. The van der Waals surface area contributed by atoms with E-state index in [1.807, 2.05) is 74.5 Å². The van der Waals surface area contributed by atoms with Gasteiger partial charge in [-0.05, 0) is 37.6 Å². The molecule has 0 saturated carbocycles. The largest absolute Gasteiger partial charge is 0.324 e. The predicted octanol–water partition coefficient (Wildman–Crippen LogP) is 4.93. The number of thiophene rings is 1. The number of nitrogens with zero attached hydrogens (tertiary/aromatic N) is 3. The van der Waals surface area contributed by atoms with Gasteiger partial charge in [-0.1, -0.05) is 48.0 Å². The molecule has 0 unspecified atom stereocenters. The van der Waals surface area contributed by atoms with Crippen LogP contribution < -0.4 is 10.9 Å². The van der Waals surface area contributed by atoms with Gasteiger partial charge < -0.3 is 5.32 Å². The van der Waals surface area contributed by atoms with E-state index in [1.54, 1.807) is 0 Å². The molecule has 1 N–H and O–H groups in total. The molecule has 3 aromatic heterocycles. The number of amides is 1. The van der Waals surface area contributed by atoms with E-state index in [2.05, 4.69) is 10.3 Å². The number of pyridine rings is 1. The molecule has 5 rings (SSSR count). The first-order chi connectivity index (χ1) is 15.5. The Morgan fingerprint density at radius 2 is 1.88 bits per heavy atom. The minimum Gasteiger partial charge on any atom is -0.324 e. The first kappa shape index (κ1) is 20.1. The lowest BCUT2D eigenvalue weighted by Crippen LogP contribution is -2.27. The normalized spacial score (nSPS) is 11.2. The van der Waals surface area contributed by atoms with Crippen LogP contribution in [-0.2, 0) is 11.3 Å². The third kappa shape index (κ3) is 3.67. The molecule has 0 aliphatic carbocycles. The molecule has 7 heteroatoms. The average Bonchev–Trinajstić information content (AvgIpc) is 3.17. The van der Waals surface area contributed by atoms with Gasteiger partial charge >= 0.3 is 0 Å². The van der Waals surface area contributed by atoms with Crippen LogP contribution in [0.5, 0.6) is 0 Å². The molecule has 0 atom stereocenters. The Balaban J connectivity index is 1.47. The van der Waals surface area contributed by atoms with E-state index in [1.165, 1.54) is 22.2 Å². The molecule has 0 bridgehead atoms. The number of aromatic nitrogens is 3. The molecule has 0 radical (unpaired) electrons. The topological polar surface area (TPSA) is 76.9 Å². The zero-order chi connectivity index (χ0) is 22.2. The van der Waals surface area contributed by atoms with Gasteiger partial charge in [0.05, 0.1) is 17.5 Å². The second-order valence-electron chi connectivity index (χ2n) is 7.74. The minimum atomic E-state index is -0.272. The highest BCUT2D eigenvalue weighted by Gasteiger charge is 2.15. The average molecular weight is 441 g/mol. The molecule has 0 aliphatic rings. The lowest BCUT2D eigenvalue weighted by molar-refractivity contribution is -0.116. The maximum absolute atomic E-state index is 13.1. The van der Waals surface area contributed by atoms with Gasteiger partial charge in [-0.3, -0.25) is 14.2 Å². The fraction of sp³-hybridized carbons (Fsp3) is 0.120. The highest BCUT2D eigenvalue weighted by atomic mass is 32.1. The zero-order valence-electron chi connectivity index (χ0n) is 17.6. The summed E-state index contributed by atoms with van der Waals surface area (Å²) in [6, 6.07) is 19.6. The molecule has 0 spiro atoms. The summed E-state index contributed by atoms with van der Waals surface area (Å²) < 4.78 is 1.84. The number of carbonyl (C=O) groups is 1. The summed E-state index contributed by atoms with van der Waals surface area (Å²) in [4.78, 5) is 35.6. The molecular formula is C25H20N4O2S. The summed E-state index contributed by atoms with van der Waals surface area (Å²) in [5.41, 5.74) is 5.08. The van der Waals surface area contributed by atoms with Gasteiger partial charge in [-0.2, -0.15) is 0 Å². The van der Waals surface area contributed by atoms with Crippen LogP contribution >= 0.6 is 11.3 Å². The van der Waals surface area contributed by atoms with E-state index in [0.717, 1.165) is 38.3 Å². The van der Waals surface area contributed by atoms with Crippen molar-refractivity contribution in [3.8, 4) is 11.3 Å².